The summed E-state index contributed by atoms with van der Waals surface area (Å²) in [6, 6.07) is 15.9. The Morgan fingerprint density at radius 2 is 2.00 bits per heavy atom. The number of rotatable bonds is 5. The molecule has 2 aromatic heterocycles. The van der Waals surface area contributed by atoms with Gasteiger partial charge in [-0.1, -0.05) is 17.7 Å². The molecule has 0 amide bonds. The van der Waals surface area contributed by atoms with Crippen molar-refractivity contribution < 1.29 is 4.74 Å². The lowest BCUT2D eigenvalue weighted by Crippen LogP contribution is -2.33. The molecule has 0 radical (unpaired) electrons. The summed E-state index contributed by atoms with van der Waals surface area (Å²) in [7, 11) is 0. The second-order valence-electron chi connectivity index (χ2n) is 7.30. The summed E-state index contributed by atoms with van der Waals surface area (Å²) in [6.45, 7) is 4.33. The molecule has 152 valence electrons. The number of hydrogen-bond donors (Lipinski definition) is 0. The number of ether oxygens (including phenoxy) is 1. The van der Waals surface area contributed by atoms with Gasteiger partial charge in [-0.15, -0.1) is 0 Å². The van der Waals surface area contributed by atoms with E-state index in [1.807, 2.05) is 43.5 Å². The third kappa shape index (κ3) is 4.24. The lowest BCUT2D eigenvalue weighted by Gasteiger charge is -2.34. The van der Waals surface area contributed by atoms with Gasteiger partial charge in [0.1, 0.15) is 6.07 Å². The van der Waals surface area contributed by atoms with Crippen LogP contribution in [0.15, 0.2) is 54.9 Å². The quantitative estimate of drug-likeness (QED) is 0.551. The highest BCUT2D eigenvalue weighted by molar-refractivity contribution is 6.30. The Labute approximate surface area is 181 Å². The van der Waals surface area contributed by atoms with Gasteiger partial charge in [0.2, 0.25) is 5.88 Å². The van der Waals surface area contributed by atoms with Crippen LogP contribution >= 0.6 is 11.6 Å². The first kappa shape index (κ1) is 20.2. The van der Waals surface area contributed by atoms with E-state index in [4.69, 9.17) is 16.3 Å². The maximum absolute atomic E-state index is 9.42. The third-order valence-corrected chi connectivity index (χ3v) is 5.74. The van der Waals surface area contributed by atoms with Gasteiger partial charge in [0.15, 0.2) is 0 Å². The molecule has 0 spiro atoms. The number of nitriles is 1. The Morgan fingerprint density at radius 3 is 2.70 bits per heavy atom. The third-order valence-electron chi connectivity index (χ3n) is 5.50. The van der Waals surface area contributed by atoms with E-state index < -0.39 is 0 Å². The summed E-state index contributed by atoms with van der Waals surface area (Å²) >= 11 is 6.03. The molecular formula is C24H23ClN4O. The zero-order valence-electron chi connectivity index (χ0n) is 16.9. The van der Waals surface area contributed by atoms with Crippen LogP contribution in [0.3, 0.4) is 0 Å². The van der Waals surface area contributed by atoms with Crippen LogP contribution < -0.4 is 9.64 Å². The second kappa shape index (κ2) is 9.15. The minimum Gasteiger partial charge on any atom is -0.477 e. The number of nitrogens with zero attached hydrogens (tertiary/aromatic N) is 4. The average molecular weight is 419 g/mol. The molecule has 3 heterocycles. The first-order valence-electron chi connectivity index (χ1n) is 10.2. The van der Waals surface area contributed by atoms with Crippen molar-refractivity contribution in [3.05, 3.63) is 71.0 Å². The lowest BCUT2D eigenvalue weighted by atomic mass is 9.89. The summed E-state index contributed by atoms with van der Waals surface area (Å²) in [4.78, 5) is 11.3. The normalized spacial score (nSPS) is 14.4. The van der Waals surface area contributed by atoms with Crippen LogP contribution in [0.5, 0.6) is 5.88 Å². The molecule has 1 aliphatic heterocycles. The molecule has 5 nitrogen and oxygen atoms in total. The fraction of sp³-hybridized carbons (Fsp3) is 0.292. The minimum absolute atomic E-state index is 0.459. The van der Waals surface area contributed by atoms with E-state index in [2.05, 4.69) is 27.0 Å². The van der Waals surface area contributed by atoms with Crippen LogP contribution in [0.25, 0.3) is 11.3 Å². The summed E-state index contributed by atoms with van der Waals surface area (Å²) < 4.78 is 5.63. The highest BCUT2D eigenvalue weighted by Gasteiger charge is 2.23. The molecule has 1 aromatic carbocycles. The molecule has 0 saturated carbocycles. The molecular weight excluding hydrogens is 396 g/mol. The summed E-state index contributed by atoms with van der Waals surface area (Å²) in [5.41, 5.74) is 4.62. The topological polar surface area (TPSA) is 62.0 Å². The van der Waals surface area contributed by atoms with E-state index >= 15 is 0 Å². The fourth-order valence-electron chi connectivity index (χ4n) is 3.97. The highest BCUT2D eigenvalue weighted by Crippen LogP contribution is 2.33. The standard InChI is InChI=1S/C24H23ClN4O/c1-2-30-24-21(4-3-11-27-24)22-7-5-18(16-28-22)17-9-12-29(13-10-17)23-8-6-20(25)14-19(23)15-26/h3-8,11,14,16-17H,2,9-10,12-13H2,1H3. The molecule has 4 rings (SSSR count). The predicted octanol–water partition coefficient (Wildman–Crippen LogP) is 5.45. The van der Waals surface area contributed by atoms with Crippen molar-refractivity contribution in [3.8, 4) is 23.2 Å². The molecule has 1 fully saturated rings. The fourth-order valence-corrected chi connectivity index (χ4v) is 4.14. The van der Waals surface area contributed by atoms with Gasteiger partial charge in [0.05, 0.1) is 29.1 Å². The van der Waals surface area contributed by atoms with Crippen LogP contribution in [0.4, 0.5) is 5.69 Å². The lowest BCUT2D eigenvalue weighted by molar-refractivity contribution is 0.328. The highest BCUT2D eigenvalue weighted by atomic mass is 35.5. The Morgan fingerprint density at radius 1 is 1.17 bits per heavy atom. The Kier molecular flexibility index (Phi) is 6.15. The van der Waals surface area contributed by atoms with Crippen LogP contribution in [0, 0.1) is 11.3 Å². The molecule has 1 aliphatic rings. The van der Waals surface area contributed by atoms with Crippen molar-refractivity contribution >= 4 is 17.3 Å². The molecule has 6 heteroatoms. The van der Waals surface area contributed by atoms with Crippen LogP contribution in [-0.2, 0) is 0 Å². The molecule has 0 aliphatic carbocycles. The van der Waals surface area contributed by atoms with Crippen LogP contribution in [0.1, 0.15) is 36.8 Å². The predicted molar refractivity (Wildman–Crippen MR) is 119 cm³/mol. The molecule has 3 aromatic rings. The van der Waals surface area contributed by atoms with Crippen molar-refractivity contribution in [1.82, 2.24) is 9.97 Å². The average Bonchev–Trinajstić information content (AvgIpc) is 2.80. The van der Waals surface area contributed by atoms with Gasteiger partial charge in [-0.05, 0) is 67.6 Å². The molecule has 1 saturated heterocycles. The second-order valence-corrected chi connectivity index (χ2v) is 7.74. The minimum atomic E-state index is 0.459. The first-order chi connectivity index (χ1) is 14.7. The monoisotopic (exact) mass is 418 g/mol. The Bertz CT molecular complexity index is 1050. The molecule has 30 heavy (non-hydrogen) atoms. The van der Waals surface area contributed by atoms with Crippen molar-refractivity contribution in [3.63, 3.8) is 0 Å². The summed E-state index contributed by atoms with van der Waals surface area (Å²) in [5.74, 6) is 1.07. The largest absolute Gasteiger partial charge is 0.477 e. The number of halogens is 1. The van der Waals surface area contributed by atoms with E-state index in [1.54, 1.807) is 12.3 Å². The van der Waals surface area contributed by atoms with Gasteiger partial charge < -0.3 is 9.64 Å². The smallest absolute Gasteiger partial charge is 0.222 e. The molecule has 0 unspecified atom stereocenters. The van der Waals surface area contributed by atoms with Crippen molar-refractivity contribution in [2.24, 2.45) is 0 Å². The zero-order chi connectivity index (χ0) is 20.9. The van der Waals surface area contributed by atoms with Gasteiger partial charge in [0, 0.05) is 30.5 Å². The maximum atomic E-state index is 9.42. The number of hydrogen-bond acceptors (Lipinski definition) is 5. The SMILES string of the molecule is CCOc1ncccc1-c1ccc(C2CCN(c3ccc(Cl)cc3C#N)CC2)cn1. The van der Waals surface area contributed by atoms with Gasteiger partial charge in [-0.3, -0.25) is 4.98 Å². The number of aromatic nitrogens is 2. The number of pyridine rings is 2. The van der Waals surface area contributed by atoms with E-state index in [1.165, 1.54) is 5.56 Å². The van der Waals surface area contributed by atoms with Crippen LogP contribution in [-0.4, -0.2) is 29.7 Å². The molecule has 0 N–H and O–H groups in total. The Hall–Kier alpha value is -3.10. The molecule has 0 atom stereocenters. The maximum Gasteiger partial charge on any atom is 0.222 e. The van der Waals surface area contributed by atoms with E-state index in [0.29, 0.717) is 29.0 Å². The van der Waals surface area contributed by atoms with Gasteiger partial charge in [-0.25, -0.2) is 4.98 Å². The van der Waals surface area contributed by atoms with Gasteiger partial charge in [-0.2, -0.15) is 5.26 Å². The van der Waals surface area contributed by atoms with Crippen LogP contribution in [0.2, 0.25) is 5.02 Å². The summed E-state index contributed by atoms with van der Waals surface area (Å²) in [6.07, 6.45) is 5.74. The van der Waals surface area contributed by atoms with Crippen molar-refractivity contribution in [2.45, 2.75) is 25.7 Å². The summed E-state index contributed by atoms with van der Waals surface area (Å²) in [5, 5.41) is 10.0. The van der Waals surface area contributed by atoms with E-state index in [0.717, 1.165) is 42.9 Å². The number of piperidine rings is 1. The zero-order valence-corrected chi connectivity index (χ0v) is 17.6. The Balaban J connectivity index is 1.46. The molecule has 0 bridgehead atoms. The van der Waals surface area contributed by atoms with Gasteiger partial charge in [0.25, 0.3) is 0 Å². The number of benzene rings is 1. The number of anilines is 1. The van der Waals surface area contributed by atoms with E-state index in [-0.39, 0.29) is 0 Å². The van der Waals surface area contributed by atoms with E-state index in [9.17, 15) is 5.26 Å². The first-order valence-corrected chi connectivity index (χ1v) is 10.6. The van der Waals surface area contributed by atoms with Gasteiger partial charge >= 0.3 is 0 Å². The van der Waals surface area contributed by atoms with Crippen molar-refractivity contribution in [1.29, 1.82) is 5.26 Å². The van der Waals surface area contributed by atoms with Crippen molar-refractivity contribution in [2.75, 3.05) is 24.6 Å².